The van der Waals surface area contributed by atoms with Crippen molar-refractivity contribution in [1.29, 1.82) is 5.26 Å². The van der Waals surface area contributed by atoms with Crippen molar-refractivity contribution in [3.8, 4) is 6.07 Å². The Hall–Kier alpha value is -1.33. The number of aryl methyl sites for hydroxylation is 1. The largest absolute Gasteiger partial charge is 0.391 e. The Labute approximate surface area is 122 Å². The molecule has 0 heterocycles. The molecule has 2 heteroatoms. The molecule has 20 heavy (non-hydrogen) atoms. The fourth-order valence-corrected chi connectivity index (χ4v) is 3.36. The van der Waals surface area contributed by atoms with E-state index in [-0.39, 0.29) is 0 Å². The van der Waals surface area contributed by atoms with Crippen molar-refractivity contribution in [1.82, 2.24) is 0 Å². The van der Waals surface area contributed by atoms with Gasteiger partial charge in [0.05, 0.1) is 12.2 Å². The van der Waals surface area contributed by atoms with Crippen molar-refractivity contribution in [2.24, 2.45) is 0 Å². The lowest BCUT2D eigenvalue weighted by Gasteiger charge is -2.28. The van der Waals surface area contributed by atoms with E-state index in [0.717, 1.165) is 37.7 Å². The molecule has 0 aliphatic heterocycles. The van der Waals surface area contributed by atoms with E-state index in [2.05, 4.69) is 19.1 Å². The Bertz CT molecular complexity index is 477. The molecule has 0 saturated heterocycles. The molecule has 108 valence electrons. The molecule has 2 nitrogen and oxygen atoms in total. The first-order valence-electron chi connectivity index (χ1n) is 7.92. The fraction of sp³-hybridized carbons (Fsp3) is 0.611. The van der Waals surface area contributed by atoms with E-state index >= 15 is 0 Å². The van der Waals surface area contributed by atoms with E-state index in [9.17, 15) is 10.4 Å². The Kier molecular flexibility index (Phi) is 5.20. The minimum Gasteiger partial charge on any atom is -0.391 e. The lowest BCUT2D eigenvalue weighted by molar-refractivity contribution is 0.0981. The number of aliphatic hydroxyl groups is 1. The van der Waals surface area contributed by atoms with Gasteiger partial charge in [-0.1, -0.05) is 63.3 Å². The van der Waals surface area contributed by atoms with Gasteiger partial charge in [-0.3, -0.25) is 0 Å². The summed E-state index contributed by atoms with van der Waals surface area (Å²) in [6, 6.07) is 10.5. The average Bonchev–Trinajstić information content (AvgIpc) is 2.87. The molecule has 0 aromatic heterocycles. The molecule has 1 aromatic rings. The van der Waals surface area contributed by atoms with Gasteiger partial charge < -0.3 is 5.11 Å². The van der Waals surface area contributed by atoms with E-state index < -0.39 is 11.5 Å². The molecule has 0 saturated carbocycles. The zero-order chi connectivity index (χ0) is 14.4. The number of hydrogen-bond donors (Lipinski definition) is 1. The second-order valence-electron chi connectivity index (χ2n) is 5.96. The van der Waals surface area contributed by atoms with E-state index in [1.54, 1.807) is 0 Å². The molecule has 1 N–H and O–H groups in total. The van der Waals surface area contributed by atoms with E-state index in [4.69, 9.17) is 0 Å². The third-order valence-electron chi connectivity index (χ3n) is 4.64. The topological polar surface area (TPSA) is 44.0 Å². The van der Waals surface area contributed by atoms with Gasteiger partial charge >= 0.3 is 0 Å². The molecule has 0 spiro atoms. The predicted molar refractivity (Wildman–Crippen MR) is 81.4 cm³/mol. The van der Waals surface area contributed by atoms with Crippen molar-refractivity contribution in [2.75, 3.05) is 0 Å². The highest BCUT2D eigenvalue weighted by molar-refractivity contribution is 5.45. The van der Waals surface area contributed by atoms with Crippen LogP contribution in [0.2, 0.25) is 0 Å². The number of aliphatic hydroxyl groups excluding tert-OH is 1. The Morgan fingerprint density at radius 1 is 1.25 bits per heavy atom. The van der Waals surface area contributed by atoms with Crippen LogP contribution in [0.4, 0.5) is 0 Å². The van der Waals surface area contributed by atoms with E-state index in [1.165, 1.54) is 24.8 Å². The zero-order valence-electron chi connectivity index (χ0n) is 12.4. The SMILES string of the molecule is CCCCCCCC(O)C1(C#N)CCc2ccccc21. The number of nitriles is 1. The predicted octanol–water partition coefficient (Wildman–Crippen LogP) is 4.12. The van der Waals surface area contributed by atoms with Crippen LogP contribution in [0.15, 0.2) is 24.3 Å². The third-order valence-corrected chi connectivity index (χ3v) is 4.64. The molecular formula is C18H25NO. The van der Waals surface area contributed by atoms with Crippen LogP contribution in [-0.2, 0) is 11.8 Å². The zero-order valence-corrected chi connectivity index (χ0v) is 12.4. The van der Waals surface area contributed by atoms with Crippen LogP contribution in [-0.4, -0.2) is 11.2 Å². The monoisotopic (exact) mass is 271 g/mol. The van der Waals surface area contributed by atoms with Crippen LogP contribution < -0.4 is 0 Å². The molecule has 0 bridgehead atoms. The minimum absolute atomic E-state index is 0.530. The second kappa shape index (κ2) is 6.90. The normalized spacial score (nSPS) is 22.2. The molecule has 1 aliphatic rings. The summed E-state index contributed by atoms with van der Waals surface area (Å²) in [5, 5.41) is 20.2. The maximum absolute atomic E-state index is 10.6. The summed E-state index contributed by atoms with van der Waals surface area (Å²) < 4.78 is 0. The van der Waals surface area contributed by atoms with Gasteiger partial charge in [0, 0.05) is 0 Å². The lowest BCUT2D eigenvalue weighted by atomic mass is 9.76. The highest BCUT2D eigenvalue weighted by Gasteiger charge is 2.44. The van der Waals surface area contributed by atoms with Crippen molar-refractivity contribution in [2.45, 2.75) is 69.8 Å². The molecule has 0 amide bonds. The summed E-state index contributed by atoms with van der Waals surface area (Å²) in [5.74, 6) is 0. The maximum atomic E-state index is 10.6. The van der Waals surface area contributed by atoms with Gasteiger partial charge in [0.2, 0.25) is 0 Å². The van der Waals surface area contributed by atoms with Crippen LogP contribution in [0, 0.1) is 11.3 Å². The molecule has 1 aromatic carbocycles. The van der Waals surface area contributed by atoms with Crippen LogP contribution in [0.5, 0.6) is 0 Å². The molecule has 1 aliphatic carbocycles. The molecule has 2 rings (SSSR count). The van der Waals surface area contributed by atoms with Gasteiger partial charge in [-0.15, -0.1) is 0 Å². The highest BCUT2D eigenvalue weighted by atomic mass is 16.3. The highest BCUT2D eigenvalue weighted by Crippen LogP contribution is 2.42. The van der Waals surface area contributed by atoms with Gasteiger partial charge in [-0.25, -0.2) is 0 Å². The Morgan fingerprint density at radius 3 is 2.75 bits per heavy atom. The van der Waals surface area contributed by atoms with Crippen LogP contribution in [0.3, 0.4) is 0 Å². The van der Waals surface area contributed by atoms with Gasteiger partial charge in [0.1, 0.15) is 5.41 Å². The molecule has 2 atom stereocenters. The first kappa shape index (κ1) is 15.1. The quantitative estimate of drug-likeness (QED) is 0.758. The summed E-state index contributed by atoms with van der Waals surface area (Å²) in [7, 11) is 0. The molecule has 0 fully saturated rings. The Balaban J connectivity index is 2.00. The number of benzene rings is 1. The standard InChI is InChI=1S/C18H25NO/c1-2-3-4-5-6-11-17(20)18(14-19)13-12-15-9-7-8-10-16(15)18/h7-10,17,20H,2-6,11-13H2,1H3. The van der Waals surface area contributed by atoms with Crippen molar-refractivity contribution < 1.29 is 5.11 Å². The number of nitrogens with zero attached hydrogens (tertiary/aromatic N) is 1. The summed E-state index contributed by atoms with van der Waals surface area (Å²) in [5.41, 5.74) is 1.63. The average molecular weight is 271 g/mol. The van der Waals surface area contributed by atoms with Crippen LogP contribution in [0.25, 0.3) is 0 Å². The second-order valence-corrected chi connectivity index (χ2v) is 5.96. The molecular weight excluding hydrogens is 246 g/mol. The number of rotatable bonds is 7. The van der Waals surface area contributed by atoms with Crippen molar-refractivity contribution in [3.63, 3.8) is 0 Å². The van der Waals surface area contributed by atoms with Gasteiger partial charge in [-0.2, -0.15) is 5.26 Å². The first-order valence-corrected chi connectivity index (χ1v) is 7.92. The third kappa shape index (κ3) is 2.88. The van der Waals surface area contributed by atoms with Gasteiger partial charge in [0.25, 0.3) is 0 Å². The summed E-state index contributed by atoms with van der Waals surface area (Å²) in [6.07, 6.45) is 7.81. The number of fused-ring (bicyclic) bond motifs is 1. The van der Waals surface area contributed by atoms with Gasteiger partial charge in [0.15, 0.2) is 0 Å². The van der Waals surface area contributed by atoms with Crippen molar-refractivity contribution >= 4 is 0 Å². The summed E-state index contributed by atoms with van der Waals surface area (Å²) in [4.78, 5) is 0. The Morgan fingerprint density at radius 2 is 2.00 bits per heavy atom. The van der Waals surface area contributed by atoms with Crippen LogP contribution in [0.1, 0.15) is 63.0 Å². The maximum Gasteiger partial charge on any atom is 0.109 e. The van der Waals surface area contributed by atoms with Gasteiger partial charge in [-0.05, 0) is 30.4 Å². The summed E-state index contributed by atoms with van der Waals surface area (Å²) >= 11 is 0. The van der Waals surface area contributed by atoms with E-state index in [1.807, 2.05) is 18.2 Å². The summed E-state index contributed by atoms with van der Waals surface area (Å²) in [6.45, 7) is 2.20. The number of hydrogen-bond acceptors (Lipinski definition) is 2. The molecule has 0 radical (unpaired) electrons. The number of unbranched alkanes of at least 4 members (excludes halogenated alkanes) is 4. The minimum atomic E-state index is -0.665. The smallest absolute Gasteiger partial charge is 0.109 e. The van der Waals surface area contributed by atoms with Crippen molar-refractivity contribution in [3.05, 3.63) is 35.4 Å². The molecule has 2 unspecified atom stereocenters. The first-order chi connectivity index (χ1) is 9.74. The fourth-order valence-electron chi connectivity index (χ4n) is 3.36. The van der Waals surface area contributed by atoms with Crippen LogP contribution >= 0.6 is 0 Å². The lowest BCUT2D eigenvalue weighted by Crippen LogP contribution is -2.36. The van der Waals surface area contributed by atoms with E-state index in [0.29, 0.717) is 0 Å².